The fraction of sp³-hybridized carbons (Fsp3) is 0.333. The molecule has 0 aliphatic carbocycles. The van der Waals surface area contributed by atoms with Gasteiger partial charge in [0.2, 0.25) is 5.91 Å². The lowest BCUT2D eigenvalue weighted by molar-refractivity contribution is -0.142. The molecule has 2 rings (SSSR count). The summed E-state index contributed by atoms with van der Waals surface area (Å²) < 4.78 is 4.98. The number of esters is 1. The standard InChI is InChI=1S/C21H23NO5S/c1-4-20(25)22-16-7-5-15(6-8-16)19(24)12-27-21(26)10-9-18(23)17-11-13(2)28-14(17)3/h5-8,11H,4,9-10,12H2,1-3H3,(H,22,25). The van der Waals surface area contributed by atoms with E-state index in [0.29, 0.717) is 23.2 Å². The Hall–Kier alpha value is -2.80. The number of amides is 1. The molecule has 1 N–H and O–H groups in total. The molecule has 7 heteroatoms. The third-order valence-electron chi connectivity index (χ3n) is 4.07. The first-order valence-electron chi connectivity index (χ1n) is 8.99. The molecule has 0 fully saturated rings. The summed E-state index contributed by atoms with van der Waals surface area (Å²) in [7, 11) is 0. The zero-order chi connectivity index (χ0) is 20.7. The number of carbonyl (C=O) groups excluding carboxylic acids is 4. The molecule has 0 aliphatic rings. The van der Waals surface area contributed by atoms with Gasteiger partial charge in [-0.2, -0.15) is 0 Å². The highest BCUT2D eigenvalue weighted by atomic mass is 32.1. The van der Waals surface area contributed by atoms with Crippen LogP contribution in [-0.2, 0) is 14.3 Å². The monoisotopic (exact) mass is 401 g/mol. The molecule has 2 aromatic rings. The van der Waals surface area contributed by atoms with Gasteiger partial charge in [0, 0.05) is 39.4 Å². The predicted molar refractivity (Wildman–Crippen MR) is 108 cm³/mol. The van der Waals surface area contributed by atoms with E-state index in [0.717, 1.165) is 9.75 Å². The third-order valence-corrected chi connectivity index (χ3v) is 5.04. The van der Waals surface area contributed by atoms with Crippen molar-refractivity contribution in [1.29, 1.82) is 0 Å². The second kappa shape index (κ2) is 9.94. The minimum atomic E-state index is -0.585. The normalized spacial score (nSPS) is 10.4. The van der Waals surface area contributed by atoms with Gasteiger partial charge in [-0.25, -0.2) is 0 Å². The van der Waals surface area contributed by atoms with Gasteiger partial charge < -0.3 is 10.1 Å². The number of benzene rings is 1. The van der Waals surface area contributed by atoms with Crippen LogP contribution < -0.4 is 5.32 Å². The maximum atomic E-state index is 12.2. The molecule has 1 amide bonds. The molecule has 0 bridgehead atoms. The molecule has 28 heavy (non-hydrogen) atoms. The molecule has 0 saturated carbocycles. The van der Waals surface area contributed by atoms with Crippen molar-refractivity contribution in [3.05, 3.63) is 51.2 Å². The van der Waals surface area contributed by atoms with E-state index in [4.69, 9.17) is 4.74 Å². The first kappa shape index (κ1) is 21.5. The van der Waals surface area contributed by atoms with Crippen molar-refractivity contribution in [1.82, 2.24) is 0 Å². The molecule has 0 atom stereocenters. The Labute approximate surface area is 167 Å². The van der Waals surface area contributed by atoms with Gasteiger partial charge in [-0.15, -0.1) is 11.3 Å². The number of Topliss-reactive ketones (excluding diaryl/α,β-unsaturated/α-hetero) is 2. The van der Waals surface area contributed by atoms with Crippen LogP contribution in [0.2, 0.25) is 0 Å². The fourth-order valence-electron chi connectivity index (χ4n) is 2.55. The van der Waals surface area contributed by atoms with Crippen molar-refractivity contribution in [2.45, 2.75) is 40.0 Å². The van der Waals surface area contributed by atoms with E-state index in [9.17, 15) is 19.2 Å². The molecule has 0 unspecified atom stereocenters. The lowest BCUT2D eigenvalue weighted by Gasteiger charge is -2.06. The molecule has 148 valence electrons. The van der Waals surface area contributed by atoms with Gasteiger partial charge in [-0.3, -0.25) is 19.2 Å². The molecule has 1 heterocycles. The lowest BCUT2D eigenvalue weighted by atomic mass is 10.1. The van der Waals surface area contributed by atoms with E-state index in [2.05, 4.69) is 5.32 Å². The smallest absolute Gasteiger partial charge is 0.306 e. The summed E-state index contributed by atoms with van der Waals surface area (Å²) in [5.74, 6) is -1.15. The average molecular weight is 401 g/mol. The Balaban J connectivity index is 1.79. The van der Waals surface area contributed by atoms with Crippen LogP contribution in [0.3, 0.4) is 0 Å². The SMILES string of the molecule is CCC(=O)Nc1ccc(C(=O)COC(=O)CCC(=O)c2cc(C)sc2C)cc1. The van der Waals surface area contributed by atoms with Crippen LogP contribution in [0.15, 0.2) is 30.3 Å². The van der Waals surface area contributed by atoms with Crippen molar-refractivity contribution in [3.8, 4) is 0 Å². The molecule has 1 aromatic carbocycles. The molecule has 1 aromatic heterocycles. The van der Waals surface area contributed by atoms with Crippen LogP contribution in [0.5, 0.6) is 0 Å². The zero-order valence-corrected chi connectivity index (χ0v) is 17.0. The van der Waals surface area contributed by atoms with E-state index in [1.807, 2.05) is 19.9 Å². The Morgan fingerprint density at radius 3 is 2.25 bits per heavy atom. The molecule has 0 aliphatic heterocycles. The van der Waals surface area contributed by atoms with Crippen molar-refractivity contribution in [3.63, 3.8) is 0 Å². The van der Waals surface area contributed by atoms with Gasteiger partial charge in [-0.05, 0) is 44.2 Å². The fourth-order valence-corrected chi connectivity index (χ4v) is 3.49. The number of hydrogen-bond acceptors (Lipinski definition) is 6. The number of carbonyl (C=O) groups is 4. The van der Waals surface area contributed by atoms with Crippen LogP contribution in [0.25, 0.3) is 0 Å². The number of thiophene rings is 1. The minimum absolute atomic E-state index is 0.0514. The second-order valence-electron chi connectivity index (χ2n) is 6.31. The van der Waals surface area contributed by atoms with Gasteiger partial charge >= 0.3 is 5.97 Å². The van der Waals surface area contributed by atoms with E-state index < -0.39 is 5.97 Å². The van der Waals surface area contributed by atoms with E-state index in [-0.39, 0.29) is 36.9 Å². The maximum Gasteiger partial charge on any atom is 0.306 e. The second-order valence-corrected chi connectivity index (χ2v) is 7.77. The Morgan fingerprint density at radius 1 is 1.00 bits per heavy atom. The lowest BCUT2D eigenvalue weighted by Crippen LogP contribution is -2.15. The van der Waals surface area contributed by atoms with Crippen molar-refractivity contribution < 1.29 is 23.9 Å². The zero-order valence-electron chi connectivity index (χ0n) is 16.2. The molecular weight excluding hydrogens is 378 g/mol. The maximum absolute atomic E-state index is 12.2. The van der Waals surface area contributed by atoms with Crippen molar-refractivity contribution >= 4 is 40.5 Å². The Morgan fingerprint density at radius 2 is 1.68 bits per heavy atom. The predicted octanol–water partition coefficient (Wildman–Crippen LogP) is 4.10. The van der Waals surface area contributed by atoms with E-state index in [1.165, 1.54) is 0 Å². The van der Waals surface area contributed by atoms with Gasteiger partial charge in [0.05, 0.1) is 6.42 Å². The molecular formula is C21H23NO5S. The van der Waals surface area contributed by atoms with Crippen LogP contribution >= 0.6 is 11.3 Å². The highest BCUT2D eigenvalue weighted by Crippen LogP contribution is 2.22. The summed E-state index contributed by atoms with van der Waals surface area (Å²) in [5, 5.41) is 2.69. The quantitative estimate of drug-likeness (QED) is 0.505. The Kier molecular flexibility index (Phi) is 7.63. The number of ether oxygens (including phenoxy) is 1. The first-order valence-corrected chi connectivity index (χ1v) is 9.80. The molecule has 0 spiro atoms. The topological polar surface area (TPSA) is 89.5 Å². The summed E-state index contributed by atoms with van der Waals surface area (Å²) >= 11 is 1.54. The summed E-state index contributed by atoms with van der Waals surface area (Å²) in [6.07, 6.45) is 0.350. The number of ketones is 2. The number of rotatable bonds is 9. The van der Waals surface area contributed by atoms with Gasteiger partial charge in [0.15, 0.2) is 18.2 Å². The first-order chi connectivity index (χ1) is 13.3. The summed E-state index contributed by atoms with van der Waals surface area (Å²) in [6.45, 7) is 5.17. The highest BCUT2D eigenvalue weighted by Gasteiger charge is 2.15. The number of aryl methyl sites for hydroxylation is 2. The third kappa shape index (κ3) is 6.13. The Bertz CT molecular complexity index is 883. The average Bonchev–Trinajstić information content (AvgIpc) is 3.02. The van der Waals surface area contributed by atoms with Crippen LogP contribution in [-0.4, -0.2) is 30.0 Å². The van der Waals surface area contributed by atoms with Crippen LogP contribution in [0.1, 0.15) is 56.7 Å². The number of hydrogen-bond donors (Lipinski definition) is 1. The van der Waals surface area contributed by atoms with Gasteiger partial charge in [-0.1, -0.05) is 6.92 Å². The van der Waals surface area contributed by atoms with Gasteiger partial charge in [0.1, 0.15) is 0 Å². The highest BCUT2D eigenvalue weighted by molar-refractivity contribution is 7.12. The summed E-state index contributed by atoms with van der Waals surface area (Å²) in [4.78, 5) is 49.5. The largest absolute Gasteiger partial charge is 0.457 e. The molecule has 6 nitrogen and oxygen atoms in total. The van der Waals surface area contributed by atoms with Crippen molar-refractivity contribution in [2.24, 2.45) is 0 Å². The van der Waals surface area contributed by atoms with Gasteiger partial charge in [0.25, 0.3) is 0 Å². The van der Waals surface area contributed by atoms with Crippen molar-refractivity contribution in [2.75, 3.05) is 11.9 Å². The summed E-state index contributed by atoms with van der Waals surface area (Å²) in [5.41, 5.74) is 1.61. The van der Waals surface area contributed by atoms with E-state index >= 15 is 0 Å². The number of nitrogens with one attached hydrogen (secondary N) is 1. The molecule has 0 radical (unpaired) electrons. The molecule has 0 saturated heterocycles. The van der Waals surface area contributed by atoms with Crippen LogP contribution in [0.4, 0.5) is 5.69 Å². The minimum Gasteiger partial charge on any atom is -0.457 e. The van der Waals surface area contributed by atoms with E-state index in [1.54, 1.807) is 42.5 Å². The van der Waals surface area contributed by atoms with Crippen LogP contribution in [0, 0.1) is 13.8 Å². The number of anilines is 1. The summed E-state index contributed by atoms with van der Waals surface area (Å²) in [6, 6.07) is 8.18.